The van der Waals surface area contributed by atoms with Gasteiger partial charge in [0.05, 0.1) is 24.2 Å². The van der Waals surface area contributed by atoms with E-state index in [0.29, 0.717) is 6.54 Å². The van der Waals surface area contributed by atoms with E-state index in [2.05, 4.69) is 65.4 Å². The zero-order valence-electron chi connectivity index (χ0n) is 13.9. The number of aryl methyl sites for hydroxylation is 1. The second kappa shape index (κ2) is 6.95. The van der Waals surface area contributed by atoms with Crippen LogP contribution in [0, 0.1) is 6.92 Å². The van der Waals surface area contributed by atoms with Crippen molar-refractivity contribution in [3.63, 3.8) is 0 Å². The minimum Gasteiger partial charge on any atom is -0.467 e. The Kier molecular flexibility index (Phi) is 4.36. The molecule has 0 aliphatic rings. The van der Waals surface area contributed by atoms with Gasteiger partial charge in [0.2, 0.25) is 0 Å². The Morgan fingerprint density at radius 2 is 1.76 bits per heavy atom. The van der Waals surface area contributed by atoms with Crippen molar-refractivity contribution >= 4 is 17.0 Å². The third-order valence-electron chi connectivity index (χ3n) is 4.02. The van der Waals surface area contributed by atoms with Crippen LogP contribution in [0.5, 0.6) is 0 Å². The minimum absolute atomic E-state index is 0.658. The van der Waals surface area contributed by atoms with E-state index < -0.39 is 0 Å². The molecule has 0 amide bonds. The monoisotopic (exact) mass is 346 g/mol. The van der Waals surface area contributed by atoms with E-state index in [4.69, 9.17) is 9.41 Å². The molecule has 2 aromatic heterocycles. The van der Waals surface area contributed by atoms with Gasteiger partial charge in [-0.1, -0.05) is 48.0 Å². The summed E-state index contributed by atoms with van der Waals surface area (Å²) in [4.78, 5) is 5.81. The molecule has 4 rings (SSSR count). The molecule has 0 spiro atoms. The van der Waals surface area contributed by atoms with Gasteiger partial charge in [-0.2, -0.15) is 0 Å². The van der Waals surface area contributed by atoms with Crippen molar-refractivity contribution in [1.29, 1.82) is 0 Å². The Balaban J connectivity index is 1.83. The molecule has 0 bridgehead atoms. The van der Waals surface area contributed by atoms with Crippen LogP contribution < -0.4 is 4.80 Å². The molecule has 0 fully saturated rings. The van der Waals surface area contributed by atoms with Gasteiger partial charge in [-0.3, -0.25) is 0 Å². The third kappa shape index (κ3) is 3.49. The Labute approximate surface area is 150 Å². The summed E-state index contributed by atoms with van der Waals surface area (Å²) >= 11 is 1.65. The quantitative estimate of drug-likeness (QED) is 0.487. The van der Waals surface area contributed by atoms with Crippen molar-refractivity contribution < 1.29 is 4.42 Å². The molecule has 0 unspecified atom stereocenters. The summed E-state index contributed by atoms with van der Waals surface area (Å²) in [6, 6.07) is 22.6. The van der Waals surface area contributed by atoms with Crippen LogP contribution >= 0.6 is 11.3 Å². The lowest BCUT2D eigenvalue weighted by Crippen LogP contribution is -2.16. The van der Waals surface area contributed by atoms with Crippen LogP contribution in [0.1, 0.15) is 11.3 Å². The van der Waals surface area contributed by atoms with E-state index in [1.54, 1.807) is 17.6 Å². The summed E-state index contributed by atoms with van der Waals surface area (Å²) in [7, 11) is 0. The van der Waals surface area contributed by atoms with E-state index in [9.17, 15) is 0 Å². The van der Waals surface area contributed by atoms with Crippen molar-refractivity contribution in [3.05, 3.63) is 94.5 Å². The Hall–Kier alpha value is -2.85. The highest BCUT2D eigenvalue weighted by Gasteiger charge is 2.10. The SMILES string of the molecule is Cc1ccc(N=c2scc(-c3ccccc3)n2Cc2ccco2)cc1. The van der Waals surface area contributed by atoms with Gasteiger partial charge in [0.15, 0.2) is 4.80 Å². The molecule has 0 saturated carbocycles. The molecule has 124 valence electrons. The van der Waals surface area contributed by atoms with Gasteiger partial charge in [0, 0.05) is 5.38 Å². The molecule has 0 aliphatic carbocycles. The molecule has 0 radical (unpaired) electrons. The number of nitrogens with zero attached hydrogens (tertiary/aromatic N) is 2. The van der Waals surface area contributed by atoms with Gasteiger partial charge < -0.3 is 8.98 Å². The number of hydrogen-bond donors (Lipinski definition) is 0. The van der Waals surface area contributed by atoms with Crippen molar-refractivity contribution in [2.24, 2.45) is 4.99 Å². The highest BCUT2D eigenvalue weighted by molar-refractivity contribution is 7.07. The standard InChI is InChI=1S/C21H18N2OS/c1-16-9-11-18(12-10-16)22-21-23(14-19-8-5-13-24-19)20(15-25-21)17-6-3-2-4-7-17/h2-13,15H,14H2,1H3. The van der Waals surface area contributed by atoms with Crippen molar-refractivity contribution in [1.82, 2.24) is 4.57 Å². The van der Waals surface area contributed by atoms with Crippen LogP contribution in [-0.2, 0) is 6.54 Å². The Bertz CT molecular complexity index is 1010. The van der Waals surface area contributed by atoms with E-state index in [-0.39, 0.29) is 0 Å². The molecular formula is C21H18N2OS. The molecule has 0 aliphatic heterocycles. The van der Waals surface area contributed by atoms with Gasteiger partial charge in [-0.15, -0.1) is 11.3 Å². The molecular weight excluding hydrogens is 328 g/mol. The lowest BCUT2D eigenvalue weighted by molar-refractivity contribution is 0.492. The summed E-state index contributed by atoms with van der Waals surface area (Å²) in [6.07, 6.45) is 1.71. The second-order valence-corrected chi connectivity index (χ2v) is 6.72. The van der Waals surface area contributed by atoms with Gasteiger partial charge in [-0.05, 0) is 36.8 Å². The maximum atomic E-state index is 5.56. The highest BCUT2D eigenvalue weighted by atomic mass is 32.1. The molecule has 2 aromatic carbocycles. The van der Waals surface area contributed by atoms with Crippen LogP contribution in [0.3, 0.4) is 0 Å². The predicted molar refractivity (Wildman–Crippen MR) is 102 cm³/mol. The largest absolute Gasteiger partial charge is 0.467 e. The molecule has 25 heavy (non-hydrogen) atoms. The number of furan rings is 1. The topological polar surface area (TPSA) is 30.4 Å². The molecule has 2 heterocycles. The summed E-state index contributed by atoms with van der Waals surface area (Å²) in [5.74, 6) is 0.918. The van der Waals surface area contributed by atoms with E-state index in [1.165, 1.54) is 11.1 Å². The summed E-state index contributed by atoms with van der Waals surface area (Å²) in [5, 5.41) is 2.16. The van der Waals surface area contributed by atoms with Gasteiger partial charge in [0.1, 0.15) is 5.76 Å². The average Bonchev–Trinajstić information content (AvgIpc) is 3.29. The molecule has 0 N–H and O–H groups in total. The zero-order chi connectivity index (χ0) is 17.1. The summed E-state index contributed by atoms with van der Waals surface area (Å²) in [5.41, 5.74) is 4.52. The fraction of sp³-hybridized carbons (Fsp3) is 0.0952. The molecule has 4 aromatic rings. The fourth-order valence-electron chi connectivity index (χ4n) is 2.70. The van der Waals surface area contributed by atoms with Crippen LogP contribution in [0.25, 0.3) is 11.3 Å². The summed E-state index contributed by atoms with van der Waals surface area (Å²) in [6.45, 7) is 2.74. The Morgan fingerprint density at radius 1 is 0.960 bits per heavy atom. The van der Waals surface area contributed by atoms with Crippen LogP contribution in [-0.4, -0.2) is 4.57 Å². The van der Waals surface area contributed by atoms with E-state index in [1.807, 2.05) is 18.2 Å². The number of hydrogen-bond acceptors (Lipinski definition) is 3. The first-order valence-electron chi connectivity index (χ1n) is 8.17. The predicted octanol–water partition coefficient (Wildman–Crippen LogP) is 5.40. The average molecular weight is 346 g/mol. The maximum Gasteiger partial charge on any atom is 0.190 e. The van der Waals surface area contributed by atoms with Crippen molar-refractivity contribution in [3.8, 4) is 11.3 Å². The normalized spacial score (nSPS) is 11.8. The minimum atomic E-state index is 0.658. The summed E-state index contributed by atoms with van der Waals surface area (Å²) < 4.78 is 7.77. The van der Waals surface area contributed by atoms with Crippen LogP contribution in [0.15, 0.2) is 87.8 Å². The van der Waals surface area contributed by atoms with Gasteiger partial charge in [-0.25, -0.2) is 4.99 Å². The van der Waals surface area contributed by atoms with Crippen molar-refractivity contribution in [2.45, 2.75) is 13.5 Å². The molecule has 3 nitrogen and oxygen atoms in total. The van der Waals surface area contributed by atoms with Crippen LogP contribution in [0.2, 0.25) is 0 Å². The van der Waals surface area contributed by atoms with Crippen molar-refractivity contribution in [2.75, 3.05) is 0 Å². The molecule has 4 heteroatoms. The third-order valence-corrected chi connectivity index (χ3v) is 4.88. The number of thiazole rings is 1. The van der Waals surface area contributed by atoms with Crippen LogP contribution in [0.4, 0.5) is 5.69 Å². The highest BCUT2D eigenvalue weighted by Crippen LogP contribution is 2.22. The molecule has 0 saturated heterocycles. The number of aromatic nitrogens is 1. The number of benzene rings is 2. The Morgan fingerprint density at radius 3 is 2.48 bits per heavy atom. The van der Waals surface area contributed by atoms with Gasteiger partial charge >= 0.3 is 0 Å². The smallest absolute Gasteiger partial charge is 0.190 e. The number of rotatable bonds is 4. The zero-order valence-corrected chi connectivity index (χ0v) is 14.7. The second-order valence-electron chi connectivity index (χ2n) is 5.88. The first kappa shape index (κ1) is 15.7. The first-order chi connectivity index (χ1) is 12.3. The maximum absolute atomic E-state index is 5.56. The van der Waals surface area contributed by atoms with E-state index >= 15 is 0 Å². The first-order valence-corrected chi connectivity index (χ1v) is 9.05. The van der Waals surface area contributed by atoms with Gasteiger partial charge in [0.25, 0.3) is 0 Å². The van der Waals surface area contributed by atoms with E-state index in [0.717, 1.165) is 21.9 Å². The lowest BCUT2D eigenvalue weighted by atomic mass is 10.2. The molecule has 0 atom stereocenters. The lowest BCUT2D eigenvalue weighted by Gasteiger charge is -2.07. The fourth-order valence-corrected chi connectivity index (χ4v) is 3.63.